The van der Waals surface area contributed by atoms with Crippen LogP contribution >= 0.6 is 0 Å². The Morgan fingerprint density at radius 2 is 2.06 bits per heavy atom. The van der Waals surface area contributed by atoms with Crippen LogP contribution in [0.1, 0.15) is 24.2 Å². The van der Waals surface area contributed by atoms with Gasteiger partial charge in [0.1, 0.15) is 0 Å². The van der Waals surface area contributed by atoms with Crippen molar-refractivity contribution in [2.75, 3.05) is 5.75 Å². The quantitative estimate of drug-likeness (QED) is 0.836. The molecule has 0 aliphatic carbocycles. The Morgan fingerprint density at radius 3 is 2.50 bits per heavy atom. The molecule has 1 N–H and O–H groups in total. The van der Waals surface area contributed by atoms with E-state index in [1.807, 2.05) is 0 Å². The molecule has 6 nitrogen and oxygen atoms in total. The van der Waals surface area contributed by atoms with E-state index in [9.17, 15) is 18.0 Å². The number of sulfone groups is 1. The highest BCUT2D eigenvalue weighted by atomic mass is 32.2. The number of nitrogens with zero attached hydrogens (tertiary/aromatic N) is 1. The zero-order chi connectivity index (χ0) is 13.9. The van der Waals surface area contributed by atoms with Crippen molar-refractivity contribution in [3.63, 3.8) is 0 Å². The molecule has 18 heavy (non-hydrogen) atoms. The number of aromatic carboxylic acids is 1. The SMILES string of the molecule is CC(C)S(=O)(=O)CCn1ccc(C(=O)O)cc1=O. The molecular formula is C11H15NO5S. The van der Waals surface area contributed by atoms with Gasteiger partial charge in [0.25, 0.3) is 5.56 Å². The van der Waals surface area contributed by atoms with E-state index < -0.39 is 26.6 Å². The van der Waals surface area contributed by atoms with Gasteiger partial charge < -0.3 is 9.67 Å². The summed E-state index contributed by atoms with van der Waals surface area (Å²) in [6, 6.07) is 2.25. The van der Waals surface area contributed by atoms with Gasteiger partial charge in [0.15, 0.2) is 9.84 Å². The summed E-state index contributed by atoms with van der Waals surface area (Å²) >= 11 is 0. The van der Waals surface area contributed by atoms with Gasteiger partial charge in [0, 0.05) is 18.8 Å². The number of hydrogen-bond acceptors (Lipinski definition) is 4. The van der Waals surface area contributed by atoms with E-state index in [0.29, 0.717) is 0 Å². The normalized spacial score (nSPS) is 11.7. The highest BCUT2D eigenvalue weighted by Gasteiger charge is 2.16. The molecule has 100 valence electrons. The smallest absolute Gasteiger partial charge is 0.335 e. The van der Waals surface area contributed by atoms with Gasteiger partial charge in [0.05, 0.1) is 16.6 Å². The molecular weight excluding hydrogens is 258 g/mol. The van der Waals surface area contributed by atoms with Crippen LogP contribution in [-0.4, -0.2) is 35.1 Å². The first-order valence-corrected chi connectivity index (χ1v) is 7.11. The number of carboxylic acid groups (broad SMARTS) is 1. The second-order valence-electron chi connectivity index (χ2n) is 4.17. The minimum absolute atomic E-state index is 0.0270. The zero-order valence-electron chi connectivity index (χ0n) is 10.2. The maximum atomic E-state index is 11.6. The average Bonchev–Trinajstić information content (AvgIpc) is 2.26. The second-order valence-corrected chi connectivity index (χ2v) is 6.84. The molecule has 0 bridgehead atoms. The molecule has 0 saturated heterocycles. The van der Waals surface area contributed by atoms with Crippen LogP contribution in [0.15, 0.2) is 23.1 Å². The zero-order valence-corrected chi connectivity index (χ0v) is 11.0. The standard InChI is InChI=1S/C11H15NO5S/c1-8(2)18(16,17)6-5-12-4-3-9(11(14)15)7-10(12)13/h3-4,7-8H,5-6H2,1-2H3,(H,14,15). The molecule has 0 aromatic carbocycles. The summed E-state index contributed by atoms with van der Waals surface area (Å²) in [6.07, 6.45) is 1.29. The number of pyridine rings is 1. The molecule has 1 rings (SSSR count). The van der Waals surface area contributed by atoms with Crippen LogP contribution < -0.4 is 5.56 Å². The van der Waals surface area contributed by atoms with E-state index in [1.165, 1.54) is 16.8 Å². The minimum atomic E-state index is -3.22. The van der Waals surface area contributed by atoms with Crippen molar-refractivity contribution in [3.8, 4) is 0 Å². The largest absolute Gasteiger partial charge is 0.478 e. The summed E-state index contributed by atoms with van der Waals surface area (Å²) in [6.45, 7) is 3.18. The molecule has 0 atom stereocenters. The van der Waals surface area contributed by atoms with Crippen LogP contribution in [0, 0.1) is 0 Å². The van der Waals surface area contributed by atoms with E-state index in [1.54, 1.807) is 13.8 Å². The highest BCUT2D eigenvalue weighted by Crippen LogP contribution is 2.02. The summed E-state index contributed by atoms with van der Waals surface area (Å²) in [5, 5.41) is 8.19. The van der Waals surface area contributed by atoms with Crippen LogP contribution in [-0.2, 0) is 16.4 Å². The number of hydrogen-bond donors (Lipinski definition) is 1. The third kappa shape index (κ3) is 3.43. The summed E-state index contributed by atoms with van der Waals surface area (Å²) < 4.78 is 24.3. The monoisotopic (exact) mass is 273 g/mol. The van der Waals surface area contributed by atoms with Crippen LogP contribution in [0.25, 0.3) is 0 Å². The van der Waals surface area contributed by atoms with Crippen molar-refractivity contribution in [2.45, 2.75) is 25.6 Å². The molecule has 7 heteroatoms. The first kappa shape index (κ1) is 14.4. The number of aromatic nitrogens is 1. The Kier molecular flexibility index (Phi) is 4.28. The Balaban J connectivity index is 2.88. The van der Waals surface area contributed by atoms with Crippen LogP contribution in [0.3, 0.4) is 0 Å². The molecule has 0 aliphatic heterocycles. The van der Waals surface area contributed by atoms with Crippen LogP contribution in [0.2, 0.25) is 0 Å². The van der Waals surface area contributed by atoms with E-state index in [0.717, 1.165) is 6.07 Å². The van der Waals surface area contributed by atoms with E-state index in [4.69, 9.17) is 5.11 Å². The van der Waals surface area contributed by atoms with Crippen molar-refractivity contribution in [2.24, 2.45) is 0 Å². The highest BCUT2D eigenvalue weighted by molar-refractivity contribution is 7.91. The molecule has 1 aromatic rings. The fourth-order valence-electron chi connectivity index (χ4n) is 1.29. The fourth-order valence-corrected chi connectivity index (χ4v) is 2.21. The fraction of sp³-hybridized carbons (Fsp3) is 0.455. The summed E-state index contributed by atoms with van der Waals surface area (Å²) in [5.41, 5.74) is -0.628. The number of carbonyl (C=O) groups is 1. The van der Waals surface area contributed by atoms with Gasteiger partial charge in [-0.05, 0) is 19.9 Å². The molecule has 0 amide bonds. The number of aryl methyl sites for hydroxylation is 1. The van der Waals surface area contributed by atoms with Gasteiger partial charge in [-0.3, -0.25) is 4.79 Å². The third-order valence-electron chi connectivity index (χ3n) is 2.58. The summed E-state index contributed by atoms with van der Waals surface area (Å²) in [7, 11) is -3.22. The predicted molar refractivity (Wildman–Crippen MR) is 66.6 cm³/mol. The lowest BCUT2D eigenvalue weighted by molar-refractivity contribution is 0.0696. The Bertz CT molecular complexity index is 600. The number of carboxylic acids is 1. The van der Waals surface area contributed by atoms with Crippen molar-refractivity contribution in [3.05, 3.63) is 34.2 Å². The van der Waals surface area contributed by atoms with Gasteiger partial charge >= 0.3 is 5.97 Å². The Labute approximate surface area is 105 Å². The van der Waals surface area contributed by atoms with Gasteiger partial charge in [-0.1, -0.05) is 0 Å². The van der Waals surface area contributed by atoms with Crippen molar-refractivity contribution >= 4 is 15.8 Å². The molecule has 0 radical (unpaired) electrons. The molecule has 0 fully saturated rings. The van der Waals surface area contributed by atoms with E-state index in [2.05, 4.69) is 0 Å². The molecule has 1 aromatic heterocycles. The second kappa shape index (κ2) is 5.34. The van der Waals surface area contributed by atoms with E-state index in [-0.39, 0.29) is 17.9 Å². The lowest BCUT2D eigenvalue weighted by Crippen LogP contribution is -2.27. The lowest BCUT2D eigenvalue weighted by Gasteiger charge is -2.09. The van der Waals surface area contributed by atoms with Crippen LogP contribution in [0.4, 0.5) is 0 Å². The number of rotatable bonds is 5. The maximum Gasteiger partial charge on any atom is 0.335 e. The van der Waals surface area contributed by atoms with Crippen molar-refractivity contribution < 1.29 is 18.3 Å². The molecule has 0 saturated carbocycles. The van der Waals surface area contributed by atoms with Gasteiger partial charge in [0.2, 0.25) is 0 Å². The predicted octanol–water partition coefficient (Wildman–Crippen LogP) is 0.370. The molecule has 1 heterocycles. The van der Waals surface area contributed by atoms with Gasteiger partial charge in [-0.15, -0.1) is 0 Å². The Hall–Kier alpha value is -1.63. The molecule has 0 spiro atoms. The van der Waals surface area contributed by atoms with Crippen LogP contribution in [0.5, 0.6) is 0 Å². The van der Waals surface area contributed by atoms with Gasteiger partial charge in [-0.2, -0.15) is 0 Å². The lowest BCUT2D eigenvalue weighted by atomic mass is 10.3. The first-order chi connectivity index (χ1) is 8.24. The van der Waals surface area contributed by atoms with Gasteiger partial charge in [-0.25, -0.2) is 13.2 Å². The molecule has 0 unspecified atom stereocenters. The van der Waals surface area contributed by atoms with Crippen molar-refractivity contribution in [1.82, 2.24) is 4.57 Å². The third-order valence-corrected chi connectivity index (χ3v) is 4.77. The summed E-state index contributed by atoms with van der Waals surface area (Å²) in [4.78, 5) is 22.2. The van der Waals surface area contributed by atoms with Crippen molar-refractivity contribution in [1.29, 1.82) is 0 Å². The van der Waals surface area contributed by atoms with E-state index >= 15 is 0 Å². The Morgan fingerprint density at radius 1 is 1.44 bits per heavy atom. The average molecular weight is 273 g/mol. The molecule has 0 aliphatic rings. The maximum absolute atomic E-state index is 11.6. The summed E-state index contributed by atoms with van der Waals surface area (Å²) in [5.74, 6) is -1.33. The first-order valence-electron chi connectivity index (χ1n) is 5.39. The topological polar surface area (TPSA) is 93.4 Å². The minimum Gasteiger partial charge on any atom is -0.478 e.